The molecular weight excluding hydrogens is 298 g/mol. The second-order valence-electron chi connectivity index (χ2n) is 6.35. The number of hydrogen-bond acceptors (Lipinski definition) is 3. The summed E-state index contributed by atoms with van der Waals surface area (Å²) in [5.41, 5.74) is 5.08. The largest absolute Gasteiger partial charge is 0.354 e. The molecule has 24 heavy (non-hydrogen) atoms. The summed E-state index contributed by atoms with van der Waals surface area (Å²) in [6, 6.07) is 8.22. The van der Waals surface area contributed by atoms with Crippen LogP contribution < -0.4 is 10.6 Å². The lowest BCUT2D eigenvalue weighted by Gasteiger charge is -2.16. The van der Waals surface area contributed by atoms with E-state index in [4.69, 9.17) is 0 Å². The number of carbonyl (C=O) groups excluding carboxylic acids is 1. The molecule has 4 nitrogen and oxygen atoms in total. The summed E-state index contributed by atoms with van der Waals surface area (Å²) in [5, 5.41) is 6.39. The van der Waals surface area contributed by atoms with Crippen LogP contribution >= 0.6 is 0 Å². The van der Waals surface area contributed by atoms with E-state index in [0.29, 0.717) is 18.0 Å². The molecule has 0 unspecified atom stereocenters. The van der Waals surface area contributed by atoms with Crippen LogP contribution in [0.4, 0.5) is 11.4 Å². The molecule has 0 saturated heterocycles. The van der Waals surface area contributed by atoms with E-state index in [2.05, 4.69) is 61.5 Å². The van der Waals surface area contributed by atoms with Crippen molar-refractivity contribution in [1.82, 2.24) is 10.3 Å². The van der Waals surface area contributed by atoms with Crippen LogP contribution in [0.25, 0.3) is 0 Å². The van der Waals surface area contributed by atoms with Gasteiger partial charge < -0.3 is 10.6 Å². The van der Waals surface area contributed by atoms with Gasteiger partial charge in [0.05, 0.1) is 17.4 Å². The Labute approximate surface area is 144 Å². The minimum atomic E-state index is -0.0839. The Balaban J connectivity index is 2.23. The highest BCUT2D eigenvalue weighted by atomic mass is 16.1. The monoisotopic (exact) mass is 325 g/mol. The standard InChI is InChI=1S/C20H27N3O/c1-5-15-8-7-9-16(6-2)19(15)23-18-10-17(12-21-13-18)20(24)22-11-14(3)4/h7-10,12-14,23H,5-6,11H2,1-4H3,(H,22,24). The molecule has 0 aliphatic carbocycles. The van der Waals surface area contributed by atoms with Crippen LogP contribution in [0, 0.1) is 5.92 Å². The summed E-state index contributed by atoms with van der Waals surface area (Å²) >= 11 is 0. The number of carbonyl (C=O) groups is 1. The van der Waals surface area contributed by atoms with Gasteiger partial charge in [-0.2, -0.15) is 0 Å². The second kappa shape index (κ2) is 8.48. The molecule has 4 heteroatoms. The highest BCUT2D eigenvalue weighted by Gasteiger charge is 2.10. The van der Waals surface area contributed by atoms with E-state index < -0.39 is 0 Å². The van der Waals surface area contributed by atoms with Gasteiger partial charge in [-0.05, 0) is 36.0 Å². The van der Waals surface area contributed by atoms with Crippen molar-refractivity contribution in [2.45, 2.75) is 40.5 Å². The van der Waals surface area contributed by atoms with Crippen molar-refractivity contribution in [2.75, 3.05) is 11.9 Å². The molecule has 0 radical (unpaired) electrons. The normalized spacial score (nSPS) is 10.7. The first-order valence-electron chi connectivity index (χ1n) is 8.66. The van der Waals surface area contributed by atoms with Gasteiger partial charge >= 0.3 is 0 Å². The van der Waals surface area contributed by atoms with E-state index in [9.17, 15) is 4.79 Å². The first-order valence-corrected chi connectivity index (χ1v) is 8.66. The van der Waals surface area contributed by atoms with Gasteiger partial charge in [-0.3, -0.25) is 9.78 Å². The maximum atomic E-state index is 12.2. The van der Waals surface area contributed by atoms with Crippen molar-refractivity contribution in [3.05, 3.63) is 53.3 Å². The lowest BCUT2D eigenvalue weighted by Crippen LogP contribution is -2.27. The van der Waals surface area contributed by atoms with Gasteiger partial charge in [0, 0.05) is 18.4 Å². The summed E-state index contributed by atoms with van der Waals surface area (Å²) in [7, 11) is 0. The first kappa shape index (κ1) is 18.0. The Bertz CT molecular complexity index is 673. The van der Waals surface area contributed by atoms with E-state index in [1.54, 1.807) is 12.4 Å². The van der Waals surface area contributed by atoms with Crippen molar-refractivity contribution < 1.29 is 4.79 Å². The summed E-state index contributed by atoms with van der Waals surface area (Å²) < 4.78 is 0. The molecule has 1 amide bonds. The predicted molar refractivity (Wildman–Crippen MR) is 99.9 cm³/mol. The van der Waals surface area contributed by atoms with Crippen LogP contribution in [0.1, 0.15) is 49.2 Å². The van der Waals surface area contributed by atoms with Crippen molar-refractivity contribution in [1.29, 1.82) is 0 Å². The minimum Gasteiger partial charge on any atom is -0.354 e. The van der Waals surface area contributed by atoms with Gasteiger partial charge in [0.2, 0.25) is 0 Å². The Morgan fingerprint density at radius 3 is 2.38 bits per heavy atom. The number of rotatable bonds is 7. The smallest absolute Gasteiger partial charge is 0.252 e. The lowest BCUT2D eigenvalue weighted by atomic mass is 10.0. The Kier molecular flexibility index (Phi) is 6.36. The van der Waals surface area contributed by atoms with Crippen LogP contribution in [0.3, 0.4) is 0 Å². The summed E-state index contributed by atoms with van der Waals surface area (Å²) in [4.78, 5) is 16.4. The van der Waals surface area contributed by atoms with E-state index in [0.717, 1.165) is 24.2 Å². The molecule has 2 aromatic rings. The SMILES string of the molecule is CCc1cccc(CC)c1Nc1cncc(C(=O)NCC(C)C)c1. The average Bonchev–Trinajstić information content (AvgIpc) is 2.60. The molecule has 1 heterocycles. The third-order valence-electron chi connectivity index (χ3n) is 3.94. The Morgan fingerprint density at radius 2 is 1.79 bits per heavy atom. The van der Waals surface area contributed by atoms with Gasteiger partial charge in [0.15, 0.2) is 0 Å². The van der Waals surface area contributed by atoms with E-state index >= 15 is 0 Å². The predicted octanol–water partition coefficient (Wildman–Crippen LogP) is 4.34. The highest BCUT2D eigenvalue weighted by molar-refractivity contribution is 5.94. The number of aryl methyl sites for hydroxylation is 2. The van der Waals surface area contributed by atoms with Gasteiger partial charge in [0.25, 0.3) is 5.91 Å². The lowest BCUT2D eigenvalue weighted by molar-refractivity contribution is 0.0948. The molecule has 2 rings (SSSR count). The zero-order valence-electron chi connectivity index (χ0n) is 15.0. The van der Waals surface area contributed by atoms with Crippen LogP contribution in [-0.4, -0.2) is 17.4 Å². The number of aromatic nitrogens is 1. The second-order valence-corrected chi connectivity index (χ2v) is 6.35. The molecule has 0 saturated carbocycles. The third-order valence-corrected chi connectivity index (χ3v) is 3.94. The number of benzene rings is 1. The summed E-state index contributed by atoms with van der Waals surface area (Å²) in [6.07, 6.45) is 5.27. The molecule has 0 aliphatic heterocycles. The highest BCUT2D eigenvalue weighted by Crippen LogP contribution is 2.26. The van der Waals surface area contributed by atoms with Crippen molar-refractivity contribution in [3.63, 3.8) is 0 Å². The molecule has 1 aromatic carbocycles. The molecule has 0 bridgehead atoms. The molecule has 0 spiro atoms. The van der Waals surface area contributed by atoms with Gasteiger partial charge in [-0.15, -0.1) is 0 Å². The molecule has 2 N–H and O–H groups in total. The molecule has 0 fully saturated rings. The number of para-hydroxylation sites is 1. The van der Waals surface area contributed by atoms with Crippen LogP contribution in [0.15, 0.2) is 36.7 Å². The van der Waals surface area contributed by atoms with Crippen LogP contribution in [-0.2, 0) is 12.8 Å². The molecular formula is C20H27N3O. The number of pyridine rings is 1. The Hall–Kier alpha value is -2.36. The number of hydrogen-bond donors (Lipinski definition) is 2. The minimum absolute atomic E-state index is 0.0839. The fraction of sp³-hybridized carbons (Fsp3) is 0.400. The fourth-order valence-corrected chi connectivity index (χ4v) is 2.58. The number of anilines is 2. The topological polar surface area (TPSA) is 54.0 Å². The zero-order valence-corrected chi connectivity index (χ0v) is 15.0. The van der Waals surface area contributed by atoms with Gasteiger partial charge in [0.1, 0.15) is 0 Å². The molecule has 128 valence electrons. The maximum absolute atomic E-state index is 12.2. The van der Waals surface area contributed by atoms with Crippen molar-refractivity contribution >= 4 is 17.3 Å². The van der Waals surface area contributed by atoms with Crippen LogP contribution in [0.2, 0.25) is 0 Å². The average molecular weight is 325 g/mol. The molecule has 0 aliphatic rings. The van der Waals surface area contributed by atoms with E-state index in [1.807, 2.05) is 6.07 Å². The van der Waals surface area contributed by atoms with Crippen molar-refractivity contribution in [3.8, 4) is 0 Å². The fourth-order valence-electron chi connectivity index (χ4n) is 2.58. The first-order chi connectivity index (χ1) is 11.5. The third kappa shape index (κ3) is 4.57. The van der Waals surface area contributed by atoms with E-state index in [1.165, 1.54) is 11.1 Å². The van der Waals surface area contributed by atoms with E-state index in [-0.39, 0.29) is 5.91 Å². The van der Waals surface area contributed by atoms with Crippen molar-refractivity contribution in [2.24, 2.45) is 5.92 Å². The van der Waals surface area contributed by atoms with Gasteiger partial charge in [-0.1, -0.05) is 45.9 Å². The molecule has 1 aromatic heterocycles. The Morgan fingerprint density at radius 1 is 1.12 bits per heavy atom. The number of amides is 1. The maximum Gasteiger partial charge on any atom is 0.252 e. The van der Waals surface area contributed by atoms with Crippen LogP contribution in [0.5, 0.6) is 0 Å². The zero-order chi connectivity index (χ0) is 17.5. The quantitative estimate of drug-likeness (QED) is 0.796. The number of nitrogens with one attached hydrogen (secondary N) is 2. The summed E-state index contributed by atoms with van der Waals surface area (Å²) in [6.45, 7) is 9.10. The molecule has 0 atom stereocenters. The summed E-state index contributed by atoms with van der Waals surface area (Å²) in [5.74, 6) is 0.339. The number of nitrogens with zero attached hydrogens (tertiary/aromatic N) is 1. The van der Waals surface area contributed by atoms with Gasteiger partial charge in [-0.25, -0.2) is 0 Å².